The monoisotopic (exact) mass is 430 g/mol. The Hall–Kier alpha value is -2.77. The molecule has 166 valence electrons. The van der Waals surface area contributed by atoms with Gasteiger partial charge in [-0.3, -0.25) is 9.88 Å². The molecule has 1 saturated heterocycles. The minimum atomic E-state index is 0.557. The summed E-state index contributed by atoms with van der Waals surface area (Å²) < 4.78 is 7.95. The molecule has 1 saturated carbocycles. The first-order valence-corrected chi connectivity index (χ1v) is 11.8. The number of hydrogen-bond acceptors (Lipinski definition) is 6. The lowest BCUT2D eigenvalue weighted by molar-refractivity contribution is 0.0398. The second kappa shape index (κ2) is 8.30. The lowest BCUT2D eigenvalue weighted by Crippen LogP contribution is -2.39. The molecule has 7 heteroatoms. The number of rotatable bonds is 6. The van der Waals surface area contributed by atoms with E-state index in [1.165, 1.54) is 36.3 Å². The summed E-state index contributed by atoms with van der Waals surface area (Å²) in [6, 6.07) is 11.0. The Bertz CT molecular complexity index is 1120. The number of nitrogens with one attached hydrogen (secondary N) is 1. The molecular formula is C25H30N6O. The van der Waals surface area contributed by atoms with E-state index in [9.17, 15) is 0 Å². The fraction of sp³-hybridized carbons (Fsp3) is 0.480. The fourth-order valence-corrected chi connectivity index (χ4v) is 5.51. The van der Waals surface area contributed by atoms with Crippen molar-refractivity contribution in [2.45, 2.75) is 38.1 Å². The van der Waals surface area contributed by atoms with Crippen LogP contribution in [-0.2, 0) is 4.74 Å². The van der Waals surface area contributed by atoms with Crippen molar-refractivity contribution in [3.8, 4) is 22.6 Å². The maximum Gasteiger partial charge on any atom is 0.126 e. The van der Waals surface area contributed by atoms with E-state index in [2.05, 4.69) is 44.0 Å². The van der Waals surface area contributed by atoms with Crippen LogP contribution in [0.2, 0.25) is 0 Å². The number of aryl methyl sites for hydroxylation is 1. The molecule has 7 nitrogen and oxygen atoms in total. The standard InChI is InChI=1S/C25H30N6O/c1-17-3-2-4-21(28-17)23-24(31-20-6-5-19(15-20)25(31)29-23)18-7-8-26-22(16-18)27-9-10-30-11-13-32-14-12-30/h2-4,7-8,16,19-20H,5-6,9-15H2,1H3,(H,26,27)/t19-,20?/m1/s1. The normalized spacial score (nSPS) is 22.3. The number of hydrogen-bond donors (Lipinski definition) is 1. The van der Waals surface area contributed by atoms with Crippen LogP contribution in [0.1, 0.15) is 42.7 Å². The Kier molecular flexibility index (Phi) is 5.15. The second-order valence-electron chi connectivity index (χ2n) is 9.18. The minimum Gasteiger partial charge on any atom is -0.379 e. The first kappa shape index (κ1) is 19.9. The molecule has 32 heavy (non-hydrogen) atoms. The largest absolute Gasteiger partial charge is 0.379 e. The molecule has 2 fully saturated rings. The highest BCUT2D eigenvalue weighted by Gasteiger charge is 2.41. The van der Waals surface area contributed by atoms with Crippen LogP contribution in [0.25, 0.3) is 22.6 Å². The maximum absolute atomic E-state index is 5.45. The van der Waals surface area contributed by atoms with E-state index in [0.29, 0.717) is 12.0 Å². The van der Waals surface area contributed by atoms with Gasteiger partial charge >= 0.3 is 0 Å². The van der Waals surface area contributed by atoms with Crippen LogP contribution >= 0.6 is 0 Å². The lowest BCUT2D eigenvalue weighted by Gasteiger charge is -2.26. The van der Waals surface area contributed by atoms with E-state index in [1.54, 1.807) is 0 Å². The third kappa shape index (κ3) is 3.59. The van der Waals surface area contributed by atoms with E-state index in [0.717, 1.165) is 62.3 Å². The number of anilines is 1. The van der Waals surface area contributed by atoms with E-state index < -0.39 is 0 Å². The maximum atomic E-state index is 5.45. The Labute approximate surface area is 188 Å². The average molecular weight is 431 g/mol. The molecule has 2 aliphatic heterocycles. The zero-order valence-electron chi connectivity index (χ0n) is 18.6. The van der Waals surface area contributed by atoms with E-state index in [4.69, 9.17) is 14.7 Å². The molecule has 3 aliphatic rings. The van der Waals surface area contributed by atoms with Gasteiger partial charge in [-0.1, -0.05) is 6.07 Å². The Morgan fingerprint density at radius 1 is 1.12 bits per heavy atom. The van der Waals surface area contributed by atoms with Gasteiger partial charge in [0, 0.05) is 55.6 Å². The first-order valence-electron chi connectivity index (χ1n) is 11.8. The molecule has 3 aromatic heterocycles. The highest BCUT2D eigenvalue weighted by Crippen LogP contribution is 2.52. The van der Waals surface area contributed by atoms with Crippen LogP contribution in [0.15, 0.2) is 36.5 Å². The summed E-state index contributed by atoms with van der Waals surface area (Å²) in [5, 5.41) is 3.53. The molecule has 5 heterocycles. The predicted molar refractivity (Wildman–Crippen MR) is 125 cm³/mol. The molecule has 0 radical (unpaired) electrons. The molecule has 2 bridgehead atoms. The Morgan fingerprint density at radius 2 is 2.03 bits per heavy atom. The van der Waals surface area contributed by atoms with Crippen molar-refractivity contribution in [3.05, 3.63) is 48.0 Å². The summed E-state index contributed by atoms with van der Waals surface area (Å²) in [5.41, 5.74) is 5.35. The minimum absolute atomic E-state index is 0.557. The van der Waals surface area contributed by atoms with E-state index >= 15 is 0 Å². The van der Waals surface area contributed by atoms with Gasteiger partial charge in [-0.25, -0.2) is 9.97 Å². The van der Waals surface area contributed by atoms with Gasteiger partial charge in [0.1, 0.15) is 17.3 Å². The van der Waals surface area contributed by atoms with Crippen molar-refractivity contribution in [1.29, 1.82) is 0 Å². The van der Waals surface area contributed by atoms with Crippen molar-refractivity contribution < 1.29 is 4.74 Å². The summed E-state index contributed by atoms with van der Waals surface area (Å²) in [7, 11) is 0. The van der Waals surface area contributed by atoms with Crippen molar-refractivity contribution in [1.82, 2.24) is 24.4 Å². The number of pyridine rings is 2. The smallest absolute Gasteiger partial charge is 0.126 e. The van der Waals surface area contributed by atoms with Gasteiger partial charge in [-0.2, -0.15) is 0 Å². The highest BCUT2D eigenvalue weighted by molar-refractivity contribution is 5.79. The third-order valence-corrected chi connectivity index (χ3v) is 7.08. The Morgan fingerprint density at radius 3 is 2.91 bits per heavy atom. The van der Waals surface area contributed by atoms with Crippen LogP contribution in [0.3, 0.4) is 0 Å². The summed E-state index contributed by atoms with van der Waals surface area (Å²) in [5.74, 6) is 2.75. The van der Waals surface area contributed by atoms with Gasteiger partial charge in [0.25, 0.3) is 0 Å². The van der Waals surface area contributed by atoms with Crippen LogP contribution in [0, 0.1) is 6.92 Å². The number of imidazole rings is 1. The lowest BCUT2D eigenvalue weighted by atomic mass is 10.1. The highest BCUT2D eigenvalue weighted by atomic mass is 16.5. The summed E-state index contributed by atoms with van der Waals surface area (Å²) in [6.07, 6.45) is 5.64. The molecule has 0 spiro atoms. The molecule has 2 atom stereocenters. The van der Waals surface area contributed by atoms with Crippen molar-refractivity contribution in [2.24, 2.45) is 0 Å². The van der Waals surface area contributed by atoms with Crippen LogP contribution in [0.4, 0.5) is 5.82 Å². The third-order valence-electron chi connectivity index (χ3n) is 7.08. The van der Waals surface area contributed by atoms with Crippen molar-refractivity contribution >= 4 is 5.82 Å². The first-order chi connectivity index (χ1) is 15.8. The summed E-state index contributed by atoms with van der Waals surface area (Å²) in [4.78, 5) is 17.0. The van der Waals surface area contributed by atoms with Gasteiger partial charge in [0.05, 0.1) is 24.6 Å². The van der Waals surface area contributed by atoms with Crippen molar-refractivity contribution in [2.75, 3.05) is 44.7 Å². The summed E-state index contributed by atoms with van der Waals surface area (Å²) in [6.45, 7) is 7.59. The van der Waals surface area contributed by atoms with E-state index in [-0.39, 0.29) is 0 Å². The number of nitrogens with zero attached hydrogens (tertiary/aromatic N) is 5. The molecular weight excluding hydrogens is 400 g/mol. The zero-order valence-corrected chi connectivity index (χ0v) is 18.6. The SMILES string of the molecule is Cc1cccc(-c2nc3n(c2-c2ccnc(NCCN4CCOCC4)c2)C2CC[C@@H]3C2)n1. The molecule has 6 rings (SSSR count). The van der Waals surface area contributed by atoms with E-state index in [1.807, 2.05) is 19.2 Å². The zero-order chi connectivity index (χ0) is 21.5. The molecule has 1 aliphatic carbocycles. The quantitative estimate of drug-likeness (QED) is 0.640. The van der Waals surface area contributed by atoms with Crippen LogP contribution in [0.5, 0.6) is 0 Å². The number of ether oxygens (including phenoxy) is 1. The molecule has 0 amide bonds. The summed E-state index contributed by atoms with van der Waals surface area (Å²) >= 11 is 0. The van der Waals surface area contributed by atoms with Crippen LogP contribution < -0.4 is 5.32 Å². The number of morpholine rings is 1. The van der Waals surface area contributed by atoms with Gasteiger partial charge in [-0.15, -0.1) is 0 Å². The topological polar surface area (TPSA) is 68.1 Å². The van der Waals surface area contributed by atoms with Crippen molar-refractivity contribution in [3.63, 3.8) is 0 Å². The second-order valence-corrected chi connectivity index (χ2v) is 9.18. The number of fused-ring (bicyclic) bond motifs is 5. The molecule has 1 unspecified atom stereocenters. The van der Waals surface area contributed by atoms with Gasteiger partial charge in [0.15, 0.2) is 0 Å². The Balaban J connectivity index is 1.32. The average Bonchev–Trinajstić information content (AvgIpc) is 3.53. The van der Waals surface area contributed by atoms with Gasteiger partial charge in [0.2, 0.25) is 0 Å². The molecule has 0 aromatic carbocycles. The molecule has 3 aromatic rings. The van der Waals surface area contributed by atoms with Crippen LogP contribution in [-0.4, -0.2) is 63.8 Å². The number of aromatic nitrogens is 4. The molecule has 1 N–H and O–H groups in total. The van der Waals surface area contributed by atoms with Gasteiger partial charge in [-0.05, 0) is 50.5 Å². The fourth-order valence-electron chi connectivity index (χ4n) is 5.51. The van der Waals surface area contributed by atoms with Gasteiger partial charge < -0.3 is 14.6 Å². The predicted octanol–water partition coefficient (Wildman–Crippen LogP) is 3.88.